The van der Waals surface area contributed by atoms with Crippen molar-refractivity contribution in [3.8, 4) is 0 Å². The van der Waals surface area contributed by atoms with Crippen LogP contribution in [-0.2, 0) is 4.79 Å². The second-order valence-corrected chi connectivity index (χ2v) is 8.38. The number of rotatable bonds is 4. The van der Waals surface area contributed by atoms with Gasteiger partial charge in [0.1, 0.15) is 17.8 Å². The number of hydrazone groups is 1. The molecule has 0 saturated carbocycles. The van der Waals surface area contributed by atoms with Crippen molar-refractivity contribution in [2.75, 3.05) is 11.1 Å². The topological polar surface area (TPSA) is 72.0 Å². The number of carbonyl (C=O) groups is 1. The van der Waals surface area contributed by atoms with E-state index in [2.05, 4.69) is 38.4 Å². The molecule has 2 aromatic rings. The fourth-order valence-electron chi connectivity index (χ4n) is 3.96. The van der Waals surface area contributed by atoms with Gasteiger partial charge in [0, 0.05) is 18.5 Å². The van der Waals surface area contributed by atoms with Crippen LogP contribution in [0.15, 0.2) is 66.0 Å². The molecule has 3 atom stereocenters. The van der Waals surface area contributed by atoms with Crippen molar-refractivity contribution in [2.45, 2.75) is 24.7 Å². The maximum atomic E-state index is 13.7. The molecule has 0 aromatic heterocycles. The SMILES string of the molecule is O=C(CSC1=NNC2C3CC(c4ccccc4)NN3C=CN12)Nc1cc(F)ccc1F. The van der Waals surface area contributed by atoms with Crippen LogP contribution in [0.25, 0.3) is 0 Å². The summed E-state index contributed by atoms with van der Waals surface area (Å²) in [7, 11) is 0. The number of thioether (sulfide) groups is 1. The molecule has 0 radical (unpaired) electrons. The van der Waals surface area contributed by atoms with Crippen molar-refractivity contribution >= 4 is 28.5 Å². The van der Waals surface area contributed by atoms with Gasteiger partial charge in [-0.25, -0.2) is 14.2 Å². The summed E-state index contributed by atoms with van der Waals surface area (Å²) in [5.74, 6) is -1.71. The summed E-state index contributed by atoms with van der Waals surface area (Å²) in [6.07, 6.45) is 4.72. The van der Waals surface area contributed by atoms with E-state index in [0.717, 1.165) is 24.6 Å². The summed E-state index contributed by atoms with van der Waals surface area (Å²) >= 11 is 1.23. The number of carbonyl (C=O) groups excluding carboxylic acids is 1. The highest BCUT2D eigenvalue weighted by Crippen LogP contribution is 2.35. The Balaban J connectivity index is 1.19. The van der Waals surface area contributed by atoms with E-state index in [4.69, 9.17) is 0 Å². The molecule has 0 spiro atoms. The number of nitrogens with zero attached hydrogens (tertiary/aromatic N) is 3. The van der Waals surface area contributed by atoms with Gasteiger partial charge in [0.25, 0.3) is 0 Å². The summed E-state index contributed by atoms with van der Waals surface area (Å²) in [5.41, 5.74) is 7.73. The lowest BCUT2D eigenvalue weighted by Gasteiger charge is -2.36. The molecule has 3 aliphatic heterocycles. The first kappa shape index (κ1) is 19.8. The summed E-state index contributed by atoms with van der Waals surface area (Å²) < 4.78 is 27.0. The highest BCUT2D eigenvalue weighted by atomic mass is 32.2. The molecule has 160 valence electrons. The van der Waals surface area contributed by atoms with E-state index in [-0.39, 0.29) is 29.7 Å². The van der Waals surface area contributed by atoms with Gasteiger partial charge in [-0.15, -0.1) is 0 Å². The highest BCUT2D eigenvalue weighted by Gasteiger charge is 2.44. The van der Waals surface area contributed by atoms with Crippen LogP contribution in [0.3, 0.4) is 0 Å². The van der Waals surface area contributed by atoms with Crippen molar-refractivity contribution in [3.05, 3.63) is 78.1 Å². The molecule has 0 aliphatic carbocycles. The van der Waals surface area contributed by atoms with Crippen LogP contribution in [0.4, 0.5) is 14.5 Å². The summed E-state index contributed by atoms with van der Waals surface area (Å²) in [5, 5.41) is 9.53. The molecule has 10 heteroatoms. The Labute approximate surface area is 182 Å². The van der Waals surface area contributed by atoms with Gasteiger partial charge in [-0.05, 0) is 24.1 Å². The van der Waals surface area contributed by atoms with Crippen molar-refractivity contribution < 1.29 is 13.6 Å². The number of hydrogen-bond donors (Lipinski definition) is 3. The van der Waals surface area contributed by atoms with E-state index >= 15 is 0 Å². The lowest BCUT2D eigenvalue weighted by atomic mass is 10.00. The maximum absolute atomic E-state index is 13.7. The number of amidine groups is 1. The zero-order valence-electron chi connectivity index (χ0n) is 16.3. The molecule has 3 unspecified atom stereocenters. The molecule has 7 nitrogen and oxygen atoms in total. The first-order valence-electron chi connectivity index (χ1n) is 9.85. The number of hydrogen-bond acceptors (Lipinski definition) is 7. The third kappa shape index (κ3) is 3.96. The predicted molar refractivity (Wildman–Crippen MR) is 115 cm³/mol. The molecule has 1 saturated heterocycles. The largest absolute Gasteiger partial charge is 0.323 e. The van der Waals surface area contributed by atoms with Gasteiger partial charge in [-0.1, -0.05) is 42.1 Å². The maximum Gasteiger partial charge on any atom is 0.234 e. The second-order valence-electron chi connectivity index (χ2n) is 7.44. The van der Waals surface area contributed by atoms with Gasteiger partial charge in [0.2, 0.25) is 5.91 Å². The fourth-order valence-corrected chi connectivity index (χ4v) is 4.74. The lowest BCUT2D eigenvalue weighted by molar-refractivity contribution is -0.113. The van der Waals surface area contributed by atoms with Crippen LogP contribution in [-0.4, -0.2) is 38.9 Å². The van der Waals surface area contributed by atoms with Crippen molar-refractivity contribution in [1.29, 1.82) is 0 Å². The Kier molecular flexibility index (Phi) is 5.24. The van der Waals surface area contributed by atoms with Gasteiger partial charge in [0.05, 0.1) is 23.5 Å². The standard InChI is InChI=1S/C21H20F2N6OS/c22-14-6-7-15(23)17(10-14)24-19(30)12-31-21-26-25-20-18-11-16(13-4-2-1-3-5-13)27-29(18)9-8-28(20)21/h1-10,16,18,20,25,27H,11-12H2,(H,24,30). The van der Waals surface area contributed by atoms with E-state index in [9.17, 15) is 13.6 Å². The number of anilines is 1. The highest BCUT2D eigenvalue weighted by molar-refractivity contribution is 8.14. The summed E-state index contributed by atoms with van der Waals surface area (Å²) in [6.45, 7) is 0. The van der Waals surface area contributed by atoms with Gasteiger partial charge in [-0.2, -0.15) is 5.10 Å². The number of hydrazine groups is 1. The number of nitrogens with one attached hydrogen (secondary N) is 3. The smallest absolute Gasteiger partial charge is 0.234 e. The van der Waals surface area contributed by atoms with E-state index in [0.29, 0.717) is 5.17 Å². The van der Waals surface area contributed by atoms with Crippen molar-refractivity contribution in [1.82, 2.24) is 20.8 Å². The number of benzene rings is 2. The van der Waals surface area contributed by atoms with Crippen LogP contribution < -0.4 is 16.2 Å². The predicted octanol–water partition coefficient (Wildman–Crippen LogP) is 2.94. The Bertz CT molecular complexity index is 1050. The van der Waals surface area contributed by atoms with E-state index < -0.39 is 17.5 Å². The van der Waals surface area contributed by atoms with E-state index in [1.54, 1.807) is 0 Å². The van der Waals surface area contributed by atoms with Gasteiger partial charge in [-0.3, -0.25) is 10.2 Å². The molecule has 2 aromatic carbocycles. The van der Waals surface area contributed by atoms with Crippen LogP contribution in [0.5, 0.6) is 0 Å². The van der Waals surface area contributed by atoms with E-state index in [1.807, 2.05) is 35.5 Å². The van der Waals surface area contributed by atoms with Crippen molar-refractivity contribution in [3.63, 3.8) is 0 Å². The van der Waals surface area contributed by atoms with Crippen LogP contribution in [0.1, 0.15) is 18.0 Å². The Morgan fingerprint density at radius 3 is 2.87 bits per heavy atom. The minimum absolute atomic E-state index is 0.0206. The Morgan fingerprint density at radius 2 is 2.03 bits per heavy atom. The average Bonchev–Trinajstić information content (AvgIpc) is 3.39. The number of amides is 1. The molecular formula is C21H20F2N6OS. The van der Waals surface area contributed by atoms with Gasteiger partial charge >= 0.3 is 0 Å². The second kappa shape index (κ2) is 8.20. The normalized spacial score (nSPS) is 23.8. The molecular weight excluding hydrogens is 422 g/mol. The number of halogens is 2. The quantitative estimate of drug-likeness (QED) is 0.677. The van der Waals surface area contributed by atoms with E-state index in [1.165, 1.54) is 17.3 Å². The van der Waals surface area contributed by atoms with Crippen molar-refractivity contribution in [2.24, 2.45) is 5.10 Å². The fraction of sp³-hybridized carbons (Fsp3) is 0.238. The van der Waals surface area contributed by atoms with Crippen LogP contribution in [0.2, 0.25) is 0 Å². The molecule has 5 rings (SSSR count). The first-order chi connectivity index (χ1) is 15.1. The molecule has 0 bridgehead atoms. The molecule has 3 N–H and O–H groups in total. The third-order valence-corrected chi connectivity index (χ3v) is 6.41. The van der Waals surface area contributed by atoms with Crippen LogP contribution in [0, 0.1) is 11.6 Å². The minimum atomic E-state index is -0.680. The van der Waals surface area contributed by atoms with Gasteiger partial charge < -0.3 is 15.2 Å². The monoisotopic (exact) mass is 442 g/mol. The molecule has 3 aliphatic rings. The summed E-state index contributed by atoms with van der Waals surface area (Å²) in [4.78, 5) is 14.2. The van der Waals surface area contributed by atoms with Gasteiger partial charge in [0.15, 0.2) is 5.17 Å². The summed E-state index contributed by atoms with van der Waals surface area (Å²) in [6, 6.07) is 13.6. The molecule has 31 heavy (non-hydrogen) atoms. The molecule has 3 heterocycles. The minimum Gasteiger partial charge on any atom is -0.323 e. The lowest BCUT2D eigenvalue weighted by Crippen LogP contribution is -2.54. The average molecular weight is 442 g/mol. The first-order valence-corrected chi connectivity index (χ1v) is 10.8. The third-order valence-electron chi connectivity index (χ3n) is 5.44. The Morgan fingerprint density at radius 1 is 1.19 bits per heavy atom. The number of fused-ring (bicyclic) bond motifs is 3. The Hall–Kier alpha value is -3.11. The van der Waals surface area contributed by atoms with Crippen LogP contribution >= 0.6 is 11.8 Å². The zero-order chi connectivity index (χ0) is 21.4. The molecule has 1 fully saturated rings. The zero-order valence-corrected chi connectivity index (χ0v) is 17.2. The molecule has 1 amide bonds.